The van der Waals surface area contributed by atoms with Gasteiger partial charge in [-0.05, 0) is 56.7 Å². The lowest BCUT2D eigenvalue weighted by Gasteiger charge is -2.20. The van der Waals surface area contributed by atoms with Crippen molar-refractivity contribution in [2.45, 2.75) is 32.0 Å². The number of hydrogen-bond acceptors (Lipinski definition) is 7. The highest BCUT2D eigenvalue weighted by Gasteiger charge is 2.16. The van der Waals surface area contributed by atoms with Gasteiger partial charge in [0.05, 0.1) is 18.0 Å². The predicted molar refractivity (Wildman–Crippen MR) is 141 cm³/mol. The number of carbonyl (C=O) groups excluding carboxylic acids is 1. The summed E-state index contributed by atoms with van der Waals surface area (Å²) in [5.74, 6) is 0.727. The van der Waals surface area contributed by atoms with Crippen molar-refractivity contribution in [1.82, 2.24) is 20.2 Å². The molecule has 1 atom stereocenters. The van der Waals surface area contributed by atoms with Crippen LogP contribution in [0.5, 0.6) is 0 Å². The molecule has 2 N–H and O–H groups in total. The van der Waals surface area contributed by atoms with Crippen LogP contribution in [0.2, 0.25) is 5.02 Å². The van der Waals surface area contributed by atoms with Gasteiger partial charge in [-0.2, -0.15) is 5.10 Å². The Morgan fingerprint density at radius 1 is 1.21 bits per heavy atom. The molecule has 8 nitrogen and oxygen atoms in total. The maximum Gasteiger partial charge on any atom is 0.250 e. The molecule has 3 aromatic rings. The van der Waals surface area contributed by atoms with Crippen molar-refractivity contribution >= 4 is 46.9 Å². The summed E-state index contributed by atoms with van der Waals surface area (Å²) in [6, 6.07) is 15.5. The number of thioether (sulfide) groups is 1. The van der Waals surface area contributed by atoms with Gasteiger partial charge in [0.1, 0.15) is 0 Å². The number of aromatic nitrogens is 3. The summed E-state index contributed by atoms with van der Waals surface area (Å²) in [7, 11) is 1.88. The van der Waals surface area contributed by atoms with Gasteiger partial charge in [0.2, 0.25) is 0 Å². The van der Waals surface area contributed by atoms with Gasteiger partial charge in [-0.1, -0.05) is 41.6 Å². The van der Waals surface area contributed by atoms with Crippen LogP contribution < -0.4 is 15.6 Å². The van der Waals surface area contributed by atoms with E-state index in [0.717, 1.165) is 30.2 Å². The molecular formula is C24H30ClN7OS. The maximum absolute atomic E-state index is 12.2. The smallest absolute Gasteiger partial charge is 0.250 e. The Hall–Kier alpha value is -3.04. The number of halogens is 1. The fourth-order valence-electron chi connectivity index (χ4n) is 3.42. The molecule has 10 heteroatoms. The van der Waals surface area contributed by atoms with E-state index in [-0.39, 0.29) is 17.7 Å². The molecule has 0 saturated carbocycles. The second-order valence-electron chi connectivity index (χ2n) is 7.62. The van der Waals surface area contributed by atoms with Crippen LogP contribution in [0.4, 0.5) is 11.4 Å². The van der Waals surface area contributed by atoms with E-state index in [2.05, 4.69) is 56.9 Å². The quantitative estimate of drug-likeness (QED) is 0.225. The molecule has 2 aromatic carbocycles. The summed E-state index contributed by atoms with van der Waals surface area (Å²) in [6.45, 7) is 8.18. The normalized spacial score (nSPS) is 12.0. The van der Waals surface area contributed by atoms with Gasteiger partial charge in [0.15, 0.2) is 11.0 Å². The van der Waals surface area contributed by atoms with Crippen molar-refractivity contribution in [2.75, 3.05) is 29.1 Å². The van der Waals surface area contributed by atoms with Crippen molar-refractivity contribution in [3.05, 3.63) is 64.9 Å². The average Bonchev–Trinajstić information content (AvgIpc) is 3.20. The summed E-state index contributed by atoms with van der Waals surface area (Å²) in [4.78, 5) is 14.5. The van der Waals surface area contributed by atoms with E-state index >= 15 is 0 Å². The molecule has 1 aromatic heterocycles. The van der Waals surface area contributed by atoms with Crippen molar-refractivity contribution in [1.29, 1.82) is 0 Å². The minimum Gasteiger partial charge on any atom is -0.375 e. The lowest BCUT2D eigenvalue weighted by atomic mass is 10.2. The topological polar surface area (TPSA) is 87.4 Å². The highest BCUT2D eigenvalue weighted by molar-refractivity contribution is 7.99. The Morgan fingerprint density at radius 2 is 1.94 bits per heavy atom. The number of hydrogen-bond donors (Lipinski definition) is 2. The monoisotopic (exact) mass is 499 g/mol. The molecule has 0 bridgehead atoms. The molecule has 0 saturated heterocycles. The lowest BCUT2D eigenvalue weighted by molar-refractivity contribution is -0.118. The summed E-state index contributed by atoms with van der Waals surface area (Å²) >= 11 is 7.36. The Bertz CT molecular complexity index is 1110. The van der Waals surface area contributed by atoms with Crippen LogP contribution in [0.3, 0.4) is 0 Å². The van der Waals surface area contributed by atoms with Crippen LogP contribution in [0.25, 0.3) is 0 Å². The first kappa shape index (κ1) is 25.6. The van der Waals surface area contributed by atoms with Crippen LogP contribution in [-0.4, -0.2) is 45.7 Å². The maximum atomic E-state index is 12.2. The first-order chi connectivity index (χ1) is 16.4. The van der Waals surface area contributed by atoms with E-state index in [1.165, 1.54) is 17.4 Å². The SMILES string of the molecule is CCN(CC)c1ccc(/C=N\NC(=O)CSc2nnc([C@H](C)Nc3cccc(Cl)c3)n2C)cc1. The summed E-state index contributed by atoms with van der Waals surface area (Å²) < 4.78 is 1.88. The number of anilines is 2. The van der Waals surface area contributed by atoms with Gasteiger partial charge in [-0.25, -0.2) is 5.43 Å². The zero-order chi connectivity index (χ0) is 24.5. The minimum absolute atomic E-state index is 0.0862. The largest absolute Gasteiger partial charge is 0.375 e. The second kappa shape index (κ2) is 12.4. The third-order valence-electron chi connectivity index (χ3n) is 5.22. The summed E-state index contributed by atoms with van der Waals surface area (Å²) in [6.07, 6.45) is 1.64. The fraction of sp³-hybridized carbons (Fsp3) is 0.333. The fourth-order valence-corrected chi connectivity index (χ4v) is 4.32. The number of nitrogens with zero attached hydrogens (tertiary/aromatic N) is 5. The molecule has 0 fully saturated rings. The Labute approximate surface area is 209 Å². The van der Waals surface area contributed by atoms with Crippen molar-refractivity contribution in [3.8, 4) is 0 Å². The third kappa shape index (κ3) is 6.98. The molecule has 1 heterocycles. The molecule has 0 spiro atoms. The number of amides is 1. The highest BCUT2D eigenvalue weighted by Crippen LogP contribution is 2.23. The molecular weight excluding hydrogens is 470 g/mol. The van der Waals surface area contributed by atoms with E-state index in [1.54, 1.807) is 6.21 Å². The average molecular weight is 500 g/mol. The van der Waals surface area contributed by atoms with Crippen LogP contribution in [0, 0.1) is 0 Å². The van der Waals surface area contributed by atoms with Crippen LogP contribution in [0.1, 0.15) is 38.2 Å². The standard InChI is InChI=1S/C24H30ClN7OS/c1-5-32(6-2)21-12-10-18(11-13-21)15-26-28-22(33)16-34-24-30-29-23(31(24)4)17(3)27-20-9-7-8-19(25)14-20/h7-15,17,27H,5-6,16H2,1-4H3,(H,28,33)/b26-15-/t17-/m0/s1. The number of carbonyl (C=O) groups is 1. The second-order valence-corrected chi connectivity index (χ2v) is 9.00. The molecule has 3 rings (SSSR count). The first-order valence-electron chi connectivity index (χ1n) is 11.1. The van der Waals surface area contributed by atoms with E-state index in [1.807, 2.05) is 54.9 Å². The van der Waals surface area contributed by atoms with Gasteiger partial charge in [0.25, 0.3) is 5.91 Å². The molecule has 1 amide bonds. The van der Waals surface area contributed by atoms with Crippen molar-refractivity contribution in [2.24, 2.45) is 12.1 Å². The van der Waals surface area contributed by atoms with E-state index < -0.39 is 0 Å². The zero-order valence-corrected chi connectivity index (χ0v) is 21.4. The van der Waals surface area contributed by atoms with Crippen LogP contribution in [-0.2, 0) is 11.8 Å². The number of hydrazone groups is 1. The molecule has 0 aliphatic rings. The minimum atomic E-state index is -0.212. The predicted octanol–water partition coefficient (Wildman–Crippen LogP) is 4.73. The summed E-state index contributed by atoms with van der Waals surface area (Å²) in [5.41, 5.74) is 5.55. The van der Waals surface area contributed by atoms with Crippen molar-refractivity contribution in [3.63, 3.8) is 0 Å². The van der Waals surface area contributed by atoms with E-state index in [9.17, 15) is 4.79 Å². The molecule has 180 valence electrons. The van der Waals surface area contributed by atoms with Gasteiger partial charge >= 0.3 is 0 Å². The van der Waals surface area contributed by atoms with Crippen molar-refractivity contribution < 1.29 is 4.79 Å². The molecule has 0 unspecified atom stereocenters. The van der Waals surface area contributed by atoms with Gasteiger partial charge in [-0.15, -0.1) is 10.2 Å². The van der Waals surface area contributed by atoms with Crippen LogP contribution in [0.15, 0.2) is 58.8 Å². The van der Waals surface area contributed by atoms with E-state index in [4.69, 9.17) is 11.6 Å². The number of rotatable bonds is 11. The first-order valence-corrected chi connectivity index (χ1v) is 12.5. The zero-order valence-electron chi connectivity index (χ0n) is 19.8. The number of benzene rings is 2. The lowest BCUT2D eigenvalue weighted by Crippen LogP contribution is -2.21. The Morgan fingerprint density at radius 3 is 2.62 bits per heavy atom. The molecule has 0 aliphatic carbocycles. The molecule has 0 aliphatic heterocycles. The van der Waals surface area contributed by atoms with Gasteiger partial charge in [-0.3, -0.25) is 4.79 Å². The highest BCUT2D eigenvalue weighted by atomic mass is 35.5. The Balaban J connectivity index is 1.49. The van der Waals surface area contributed by atoms with Gasteiger partial charge < -0.3 is 14.8 Å². The Kier molecular flexibility index (Phi) is 9.35. The van der Waals surface area contributed by atoms with Crippen LogP contribution >= 0.6 is 23.4 Å². The molecule has 34 heavy (non-hydrogen) atoms. The third-order valence-corrected chi connectivity index (χ3v) is 6.48. The van der Waals surface area contributed by atoms with E-state index in [0.29, 0.717) is 10.2 Å². The summed E-state index contributed by atoms with van der Waals surface area (Å²) in [5, 5.41) is 17.2. The van der Waals surface area contributed by atoms with Gasteiger partial charge in [0, 0.05) is 36.5 Å². The number of nitrogens with one attached hydrogen (secondary N) is 2. The molecule has 0 radical (unpaired) electrons.